The molecule has 0 spiro atoms. The van der Waals surface area contributed by atoms with Crippen molar-refractivity contribution >= 4 is 29.7 Å². The molecule has 6 nitrogen and oxygen atoms in total. The SMILES string of the molecule is NC(=O)NC(=O)CCSc1ccccc1C(=O)O. The summed E-state index contributed by atoms with van der Waals surface area (Å²) in [5.74, 6) is -1.13. The third kappa shape index (κ3) is 4.46. The maximum absolute atomic E-state index is 11.1. The van der Waals surface area contributed by atoms with E-state index in [0.29, 0.717) is 10.6 Å². The van der Waals surface area contributed by atoms with Gasteiger partial charge in [0, 0.05) is 17.1 Å². The number of primary amides is 1. The van der Waals surface area contributed by atoms with Crippen molar-refractivity contribution in [3.8, 4) is 0 Å². The van der Waals surface area contributed by atoms with E-state index in [-0.39, 0.29) is 12.0 Å². The highest BCUT2D eigenvalue weighted by Crippen LogP contribution is 2.23. The first-order chi connectivity index (χ1) is 8.50. The molecule has 0 aliphatic heterocycles. The van der Waals surface area contributed by atoms with Gasteiger partial charge in [-0.25, -0.2) is 9.59 Å². The van der Waals surface area contributed by atoms with Crippen LogP contribution in [0.25, 0.3) is 0 Å². The number of amides is 3. The van der Waals surface area contributed by atoms with Gasteiger partial charge in [-0.3, -0.25) is 10.1 Å². The number of benzene rings is 1. The molecule has 0 saturated carbocycles. The summed E-state index contributed by atoms with van der Waals surface area (Å²) in [5.41, 5.74) is 4.98. The molecule has 0 atom stereocenters. The Balaban J connectivity index is 2.51. The molecule has 1 aromatic rings. The third-order valence-corrected chi connectivity index (χ3v) is 3.04. The Morgan fingerprint density at radius 3 is 2.56 bits per heavy atom. The predicted octanol–water partition coefficient (Wildman–Crippen LogP) is 1.06. The summed E-state index contributed by atoms with van der Waals surface area (Å²) in [6.07, 6.45) is 0.0849. The van der Waals surface area contributed by atoms with E-state index in [2.05, 4.69) is 0 Å². The third-order valence-electron chi connectivity index (χ3n) is 1.97. The van der Waals surface area contributed by atoms with E-state index in [9.17, 15) is 14.4 Å². The average Bonchev–Trinajstić information content (AvgIpc) is 2.28. The number of rotatable bonds is 5. The number of hydrogen-bond donors (Lipinski definition) is 3. The number of aromatic carboxylic acids is 1. The lowest BCUT2D eigenvalue weighted by Gasteiger charge is -2.05. The van der Waals surface area contributed by atoms with Crippen molar-refractivity contribution in [2.75, 3.05) is 5.75 Å². The van der Waals surface area contributed by atoms with Crippen LogP contribution in [0.15, 0.2) is 29.2 Å². The van der Waals surface area contributed by atoms with E-state index >= 15 is 0 Å². The zero-order valence-electron chi connectivity index (χ0n) is 9.38. The Hall–Kier alpha value is -2.02. The summed E-state index contributed by atoms with van der Waals surface area (Å²) in [7, 11) is 0. The molecule has 0 fully saturated rings. The standard InChI is InChI=1S/C11H12N2O4S/c12-11(17)13-9(14)5-6-18-8-4-2-1-3-7(8)10(15)16/h1-4H,5-6H2,(H,15,16)(H3,12,13,14,17). The van der Waals surface area contributed by atoms with Gasteiger partial charge < -0.3 is 10.8 Å². The van der Waals surface area contributed by atoms with Gasteiger partial charge in [0.2, 0.25) is 5.91 Å². The van der Waals surface area contributed by atoms with Crippen molar-refractivity contribution in [3.63, 3.8) is 0 Å². The number of carboxylic acid groups (broad SMARTS) is 1. The van der Waals surface area contributed by atoms with Crippen molar-refractivity contribution in [1.82, 2.24) is 5.32 Å². The van der Waals surface area contributed by atoms with Crippen LogP contribution in [-0.2, 0) is 4.79 Å². The van der Waals surface area contributed by atoms with Crippen molar-refractivity contribution in [2.45, 2.75) is 11.3 Å². The normalized spacial score (nSPS) is 9.78. The fourth-order valence-corrected chi connectivity index (χ4v) is 2.22. The molecule has 0 radical (unpaired) electrons. The topological polar surface area (TPSA) is 109 Å². The second kappa shape index (κ2) is 6.65. The van der Waals surface area contributed by atoms with Crippen LogP contribution >= 0.6 is 11.8 Å². The molecule has 0 unspecified atom stereocenters. The molecule has 0 aliphatic rings. The minimum atomic E-state index is -1.01. The number of carbonyl (C=O) groups is 3. The highest BCUT2D eigenvalue weighted by Gasteiger charge is 2.10. The van der Waals surface area contributed by atoms with Crippen LogP contribution in [0.3, 0.4) is 0 Å². The predicted molar refractivity (Wildman–Crippen MR) is 66.5 cm³/mol. The van der Waals surface area contributed by atoms with Gasteiger partial charge in [0.25, 0.3) is 0 Å². The number of hydrogen-bond acceptors (Lipinski definition) is 4. The minimum absolute atomic E-state index is 0.0849. The molecule has 0 aromatic heterocycles. The summed E-state index contributed by atoms with van der Waals surface area (Å²) < 4.78 is 0. The van der Waals surface area contributed by atoms with Crippen molar-refractivity contribution in [3.05, 3.63) is 29.8 Å². The van der Waals surface area contributed by atoms with Crippen LogP contribution in [0.5, 0.6) is 0 Å². The summed E-state index contributed by atoms with van der Waals surface area (Å²) >= 11 is 1.24. The molecule has 3 amide bonds. The lowest BCUT2D eigenvalue weighted by atomic mass is 10.2. The largest absolute Gasteiger partial charge is 0.478 e. The lowest BCUT2D eigenvalue weighted by molar-refractivity contribution is -0.119. The van der Waals surface area contributed by atoms with Gasteiger partial charge >= 0.3 is 12.0 Å². The molecule has 1 rings (SSSR count). The number of thioether (sulfide) groups is 1. The Morgan fingerprint density at radius 2 is 1.94 bits per heavy atom. The first kappa shape index (κ1) is 14.0. The molecule has 0 aliphatic carbocycles. The highest BCUT2D eigenvalue weighted by atomic mass is 32.2. The fraction of sp³-hybridized carbons (Fsp3) is 0.182. The first-order valence-electron chi connectivity index (χ1n) is 5.05. The molecule has 0 heterocycles. The van der Waals surface area contributed by atoms with E-state index in [4.69, 9.17) is 10.8 Å². The van der Waals surface area contributed by atoms with Crippen molar-refractivity contribution in [2.24, 2.45) is 5.73 Å². The van der Waals surface area contributed by atoms with E-state index < -0.39 is 17.9 Å². The Morgan fingerprint density at radius 1 is 1.28 bits per heavy atom. The Labute approximate surface area is 108 Å². The van der Waals surface area contributed by atoms with Gasteiger partial charge in [0.05, 0.1) is 5.56 Å². The summed E-state index contributed by atoms with van der Waals surface area (Å²) in [4.78, 5) is 33.0. The number of imide groups is 1. The Kier molecular flexibility index (Phi) is 5.19. The number of nitrogens with one attached hydrogen (secondary N) is 1. The van der Waals surface area contributed by atoms with Crippen LogP contribution < -0.4 is 11.1 Å². The van der Waals surface area contributed by atoms with E-state index in [1.807, 2.05) is 5.32 Å². The molecule has 0 saturated heterocycles. The zero-order chi connectivity index (χ0) is 13.5. The van der Waals surface area contributed by atoms with Gasteiger partial charge in [0.1, 0.15) is 0 Å². The van der Waals surface area contributed by atoms with E-state index in [1.165, 1.54) is 17.8 Å². The second-order valence-electron chi connectivity index (χ2n) is 3.31. The molecular formula is C11H12N2O4S. The monoisotopic (exact) mass is 268 g/mol. The van der Waals surface area contributed by atoms with Crippen LogP contribution in [0.1, 0.15) is 16.8 Å². The van der Waals surface area contributed by atoms with Crippen LogP contribution in [0.4, 0.5) is 4.79 Å². The second-order valence-corrected chi connectivity index (χ2v) is 4.45. The number of carbonyl (C=O) groups excluding carboxylic acids is 2. The first-order valence-corrected chi connectivity index (χ1v) is 6.03. The quantitative estimate of drug-likeness (QED) is 0.692. The van der Waals surface area contributed by atoms with Crippen LogP contribution in [0, 0.1) is 0 Å². The molecule has 7 heteroatoms. The van der Waals surface area contributed by atoms with Gasteiger partial charge in [-0.1, -0.05) is 12.1 Å². The molecular weight excluding hydrogens is 256 g/mol. The molecule has 4 N–H and O–H groups in total. The molecule has 1 aromatic carbocycles. The number of urea groups is 1. The van der Waals surface area contributed by atoms with E-state index in [0.717, 1.165) is 0 Å². The smallest absolute Gasteiger partial charge is 0.336 e. The number of carboxylic acids is 1. The van der Waals surface area contributed by atoms with Gasteiger partial charge in [-0.05, 0) is 12.1 Å². The minimum Gasteiger partial charge on any atom is -0.478 e. The van der Waals surface area contributed by atoms with E-state index in [1.54, 1.807) is 18.2 Å². The van der Waals surface area contributed by atoms with Crippen LogP contribution in [0.2, 0.25) is 0 Å². The summed E-state index contributed by atoms with van der Waals surface area (Å²) in [5, 5.41) is 10.9. The van der Waals surface area contributed by atoms with Crippen molar-refractivity contribution in [1.29, 1.82) is 0 Å². The summed E-state index contributed by atoms with van der Waals surface area (Å²) in [6.45, 7) is 0. The Bertz CT molecular complexity index is 476. The number of nitrogens with two attached hydrogens (primary N) is 1. The fourth-order valence-electron chi connectivity index (χ4n) is 1.22. The van der Waals surface area contributed by atoms with Crippen molar-refractivity contribution < 1.29 is 19.5 Å². The summed E-state index contributed by atoms with van der Waals surface area (Å²) in [6, 6.07) is 5.62. The van der Waals surface area contributed by atoms with Gasteiger partial charge in [-0.2, -0.15) is 0 Å². The zero-order valence-corrected chi connectivity index (χ0v) is 10.2. The molecule has 0 bridgehead atoms. The molecule has 18 heavy (non-hydrogen) atoms. The van der Waals surface area contributed by atoms with Gasteiger partial charge in [-0.15, -0.1) is 11.8 Å². The van der Waals surface area contributed by atoms with Crippen LogP contribution in [-0.4, -0.2) is 28.8 Å². The lowest BCUT2D eigenvalue weighted by Crippen LogP contribution is -2.35. The molecule has 96 valence electrons. The highest BCUT2D eigenvalue weighted by molar-refractivity contribution is 7.99. The van der Waals surface area contributed by atoms with Gasteiger partial charge in [0.15, 0.2) is 0 Å². The maximum Gasteiger partial charge on any atom is 0.336 e. The average molecular weight is 268 g/mol. The maximum atomic E-state index is 11.1.